The highest BCUT2D eigenvalue weighted by atomic mass is 16.2. The summed E-state index contributed by atoms with van der Waals surface area (Å²) in [6, 6.07) is -0.758. The van der Waals surface area contributed by atoms with Crippen molar-refractivity contribution in [2.24, 2.45) is 23.3 Å². The summed E-state index contributed by atoms with van der Waals surface area (Å²) in [6.45, 7) is 9.75. The van der Waals surface area contributed by atoms with E-state index in [-0.39, 0.29) is 23.9 Å². The Hall–Kier alpha value is -1.14. The van der Waals surface area contributed by atoms with E-state index in [1.807, 2.05) is 0 Å². The summed E-state index contributed by atoms with van der Waals surface area (Å²) < 4.78 is 0. The summed E-state index contributed by atoms with van der Waals surface area (Å²) in [5.41, 5.74) is 11.7. The van der Waals surface area contributed by atoms with E-state index in [1.54, 1.807) is 0 Å². The molecule has 28 heavy (non-hydrogen) atoms. The highest BCUT2D eigenvalue weighted by molar-refractivity contribution is 5.81. The molecule has 2 atom stereocenters. The second-order valence-electron chi connectivity index (χ2n) is 8.88. The van der Waals surface area contributed by atoms with Crippen LogP contribution < -0.4 is 22.1 Å². The Labute approximate surface area is 173 Å². The summed E-state index contributed by atoms with van der Waals surface area (Å²) in [4.78, 5) is 23.6. The molecule has 6 N–H and O–H groups in total. The Morgan fingerprint density at radius 1 is 0.607 bits per heavy atom. The summed E-state index contributed by atoms with van der Waals surface area (Å²) in [5, 5.41) is 5.87. The number of amides is 2. The Morgan fingerprint density at radius 2 is 0.893 bits per heavy atom. The summed E-state index contributed by atoms with van der Waals surface area (Å²) in [5.74, 6) is 0.843. The zero-order valence-electron chi connectivity index (χ0n) is 18.8. The molecule has 166 valence electrons. The number of carbonyl (C=O) groups excluding carboxylic acids is 2. The Kier molecular flexibility index (Phi) is 16.1. The number of hydrogen-bond acceptors (Lipinski definition) is 4. The van der Waals surface area contributed by atoms with Crippen molar-refractivity contribution in [2.45, 2.75) is 104 Å². The topological polar surface area (TPSA) is 110 Å². The standard InChI is InChI=1S/C22H46N4O2/c1-17(2)15-19(23)21(27)25-13-11-9-7-5-6-8-10-12-14-26-22(28)20(24)16-18(3)4/h17-20H,5-16,23-24H2,1-4H3,(H,25,27)(H,26,28). The number of nitrogens with one attached hydrogen (secondary N) is 2. The van der Waals surface area contributed by atoms with Gasteiger partial charge in [0, 0.05) is 13.1 Å². The molecule has 0 fully saturated rings. The fraction of sp³-hybridized carbons (Fsp3) is 0.909. The van der Waals surface area contributed by atoms with Gasteiger partial charge >= 0.3 is 0 Å². The van der Waals surface area contributed by atoms with E-state index in [0.717, 1.165) is 51.6 Å². The smallest absolute Gasteiger partial charge is 0.236 e. The Balaban J connectivity index is 3.40. The molecule has 0 heterocycles. The molecule has 0 spiro atoms. The summed E-state index contributed by atoms with van der Waals surface area (Å²) in [6.07, 6.45) is 10.7. The van der Waals surface area contributed by atoms with E-state index in [1.165, 1.54) is 25.7 Å². The molecule has 2 unspecified atom stereocenters. The van der Waals surface area contributed by atoms with Gasteiger partial charge in [0.15, 0.2) is 0 Å². The molecule has 0 aliphatic heterocycles. The van der Waals surface area contributed by atoms with Gasteiger partial charge in [-0.15, -0.1) is 0 Å². The van der Waals surface area contributed by atoms with Gasteiger partial charge in [0.1, 0.15) is 0 Å². The minimum Gasteiger partial charge on any atom is -0.355 e. The lowest BCUT2D eigenvalue weighted by molar-refractivity contribution is -0.123. The van der Waals surface area contributed by atoms with Gasteiger partial charge in [-0.1, -0.05) is 66.2 Å². The molecule has 6 heteroatoms. The van der Waals surface area contributed by atoms with Crippen LogP contribution in [0.15, 0.2) is 0 Å². The monoisotopic (exact) mass is 398 g/mol. The number of unbranched alkanes of at least 4 members (excludes halogenated alkanes) is 7. The molecule has 0 saturated carbocycles. The number of hydrogen-bond donors (Lipinski definition) is 4. The average molecular weight is 399 g/mol. The third-order valence-electron chi connectivity index (χ3n) is 4.83. The van der Waals surface area contributed by atoms with Gasteiger partial charge in [-0.3, -0.25) is 9.59 Å². The highest BCUT2D eigenvalue weighted by Gasteiger charge is 2.14. The minimum atomic E-state index is -0.379. The first-order valence-electron chi connectivity index (χ1n) is 11.3. The average Bonchev–Trinajstić information content (AvgIpc) is 2.60. The maximum atomic E-state index is 11.8. The van der Waals surface area contributed by atoms with Gasteiger partial charge in [-0.05, 0) is 37.5 Å². The van der Waals surface area contributed by atoms with E-state index in [2.05, 4.69) is 38.3 Å². The van der Waals surface area contributed by atoms with Crippen molar-refractivity contribution in [1.82, 2.24) is 10.6 Å². The van der Waals surface area contributed by atoms with Crippen LogP contribution in [-0.2, 0) is 9.59 Å². The van der Waals surface area contributed by atoms with Crippen LogP contribution in [0.1, 0.15) is 91.9 Å². The van der Waals surface area contributed by atoms with Gasteiger partial charge in [-0.2, -0.15) is 0 Å². The second kappa shape index (κ2) is 16.8. The molecule has 0 bridgehead atoms. The van der Waals surface area contributed by atoms with Crippen LogP contribution in [-0.4, -0.2) is 37.0 Å². The van der Waals surface area contributed by atoms with Crippen molar-refractivity contribution < 1.29 is 9.59 Å². The lowest BCUT2D eigenvalue weighted by Crippen LogP contribution is -2.41. The first-order valence-corrected chi connectivity index (χ1v) is 11.3. The van der Waals surface area contributed by atoms with Gasteiger partial charge in [0.05, 0.1) is 12.1 Å². The van der Waals surface area contributed by atoms with Crippen molar-refractivity contribution in [2.75, 3.05) is 13.1 Å². The molecule has 0 radical (unpaired) electrons. The Morgan fingerprint density at radius 3 is 1.18 bits per heavy atom. The fourth-order valence-corrected chi connectivity index (χ4v) is 3.23. The molecule has 0 saturated heterocycles. The van der Waals surface area contributed by atoms with E-state index in [9.17, 15) is 9.59 Å². The van der Waals surface area contributed by atoms with Gasteiger partial charge in [-0.25, -0.2) is 0 Å². The van der Waals surface area contributed by atoms with Crippen LogP contribution in [0.4, 0.5) is 0 Å². The SMILES string of the molecule is CC(C)CC(N)C(=O)NCCCCCCCCCCNC(=O)C(N)CC(C)C. The van der Waals surface area contributed by atoms with E-state index < -0.39 is 0 Å². The van der Waals surface area contributed by atoms with E-state index in [0.29, 0.717) is 11.8 Å². The van der Waals surface area contributed by atoms with Crippen LogP contribution in [0.5, 0.6) is 0 Å². The van der Waals surface area contributed by atoms with Crippen LogP contribution in [0.3, 0.4) is 0 Å². The first kappa shape index (κ1) is 26.9. The summed E-state index contributed by atoms with van der Waals surface area (Å²) >= 11 is 0. The van der Waals surface area contributed by atoms with Crippen molar-refractivity contribution in [1.29, 1.82) is 0 Å². The normalized spacial score (nSPS) is 13.6. The third-order valence-corrected chi connectivity index (χ3v) is 4.83. The predicted octanol–water partition coefficient (Wildman–Crippen LogP) is 3.09. The number of carbonyl (C=O) groups is 2. The van der Waals surface area contributed by atoms with Crippen LogP contribution in [0, 0.1) is 11.8 Å². The van der Waals surface area contributed by atoms with E-state index in [4.69, 9.17) is 11.5 Å². The van der Waals surface area contributed by atoms with Crippen molar-refractivity contribution in [3.63, 3.8) is 0 Å². The zero-order valence-corrected chi connectivity index (χ0v) is 18.8. The maximum absolute atomic E-state index is 11.8. The molecule has 0 aliphatic carbocycles. The molecule has 0 aromatic carbocycles. The number of rotatable bonds is 17. The maximum Gasteiger partial charge on any atom is 0.236 e. The largest absolute Gasteiger partial charge is 0.355 e. The first-order chi connectivity index (χ1) is 13.2. The van der Waals surface area contributed by atoms with E-state index >= 15 is 0 Å². The van der Waals surface area contributed by atoms with Gasteiger partial charge in [0.2, 0.25) is 11.8 Å². The molecular weight excluding hydrogens is 352 g/mol. The lowest BCUT2D eigenvalue weighted by atomic mass is 10.0. The van der Waals surface area contributed by atoms with Crippen LogP contribution in [0.25, 0.3) is 0 Å². The quantitative estimate of drug-likeness (QED) is 0.282. The lowest BCUT2D eigenvalue weighted by Gasteiger charge is -2.14. The predicted molar refractivity (Wildman–Crippen MR) is 118 cm³/mol. The molecule has 2 amide bonds. The molecule has 0 rings (SSSR count). The van der Waals surface area contributed by atoms with Crippen LogP contribution >= 0.6 is 0 Å². The molecule has 6 nitrogen and oxygen atoms in total. The molecule has 0 aromatic heterocycles. The van der Waals surface area contributed by atoms with Gasteiger partial charge < -0.3 is 22.1 Å². The van der Waals surface area contributed by atoms with Crippen LogP contribution in [0.2, 0.25) is 0 Å². The Bertz CT molecular complexity index is 375. The number of nitrogens with two attached hydrogens (primary N) is 2. The van der Waals surface area contributed by atoms with Crippen molar-refractivity contribution in [3.05, 3.63) is 0 Å². The van der Waals surface area contributed by atoms with Crippen molar-refractivity contribution >= 4 is 11.8 Å². The van der Waals surface area contributed by atoms with Gasteiger partial charge in [0.25, 0.3) is 0 Å². The minimum absolute atomic E-state index is 0.0223. The fourth-order valence-electron chi connectivity index (χ4n) is 3.23. The molecular formula is C22H46N4O2. The molecule has 0 aliphatic rings. The second-order valence-corrected chi connectivity index (χ2v) is 8.88. The highest BCUT2D eigenvalue weighted by Crippen LogP contribution is 2.08. The third kappa shape index (κ3) is 15.9. The molecule has 0 aromatic rings. The van der Waals surface area contributed by atoms with Crippen molar-refractivity contribution in [3.8, 4) is 0 Å². The zero-order chi connectivity index (χ0) is 21.4. The summed E-state index contributed by atoms with van der Waals surface area (Å²) in [7, 11) is 0.